The Morgan fingerprint density at radius 2 is 1.67 bits per heavy atom. The summed E-state index contributed by atoms with van der Waals surface area (Å²) in [7, 11) is -3.54. The first-order chi connectivity index (χ1) is 14.2. The quantitative estimate of drug-likeness (QED) is 0.307. The minimum absolute atomic E-state index is 0.177. The first-order valence-electron chi connectivity index (χ1n) is 9.12. The van der Waals surface area contributed by atoms with E-state index in [1.54, 1.807) is 26.0 Å². The smallest absolute Gasteiger partial charge is 0.331 e. The molecule has 0 atom stereocenters. The Balaban J connectivity index is 1.97. The Hall–Kier alpha value is -2.19. The zero-order valence-corrected chi connectivity index (χ0v) is 18.8. The molecule has 2 aromatic carbocycles. The van der Waals surface area contributed by atoms with Gasteiger partial charge in [-0.15, -0.1) is 0 Å². The van der Waals surface area contributed by atoms with Gasteiger partial charge in [0.1, 0.15) is 0 Å². The summed E-state index contributed by atoms with van der Waals surface area (Å²) in [4.78, 5) is 24.1. The van der Waals surface area contributed by atoms with Crippen LogP contribution in [0.4, 0.5) is 0 Å². The fourth-order valence-electron chi connectivity index (χ4n) is 2.61. The van der Waals surface area contributed by atoms with E-state index in [9.17, 15) is 18.0 Å². The van der Waals surface area contributed by atoms with Crippen LogP contribution in [-0.4, -0.2) is 44.2 Å². The molecule has 0 aromatic heterocycles. The second kappa shape index (κ2) is 10.7. The van der Waals surface area contributed by atoms with Crippen LogP contribution in [0.5, 0.6) is 0 Å². The van der Waals surface area contributed by atoms with Gasteiger partial charge in [0.25, 0.3) is 0 Å². The zero-order valence-electron chi connectivity index (χ0n) is 16.5. The second-order valence-corrected chi connectivity index (χ2v) is 8.93. The Morgan fingerprint density at radius 1 is 1.03 bits per heavy atom. The maximum Gasteiger partial charge on any atom is 0.331 e. The highest BCUT2D eigenvalue weighted by atomic mass is 35.5. The van der Waals surface area contributed by atoms with Crippen LogP contribution in [0.25, 0.3) is 6.08 Å². The topological polar surface area (TPSA) is 80.8 Å². The molecule has 0 radical (unpaired) electrons. The number of nitrogens with zero attached hydrogens (tertiary/aromatic N) is 1. The average Bonchev–Trinajstić information content (AvgIpc) is 2.71. The molecule has 0 aliphatic carbocycles. The molecule has 0 N–H and O–H groups in total. The van der Waals surface area contributed by atoms with Crippen LogP contribution in [0.2, 0.25) is 10.0 Å². The highest BCUT2D eigenvalue weighted by Gasteiger charge is 2.21. The molecule has 0 aliphatic heterocycles. The molecule has 2 aromatic rings. The maximum absolute atomic E-state index is 12.5. The van der Waals surface area contributed by atoms with E-state index in [1.807, 2.05) is 0 Å². The normalized spacial score (nSPS) is 11.8. The van der Waals surface area contributed by atoms with Crippen LogP contribution in [0.3, 0.4) is 0 Å². The summed E-state index contributed by atoms with van der Waals surface area (Å²) in [5.41, 5.74) is 0.820. The van der Waals surface area contributed by atoms with Crippen LogP contribution in [-0.2, 0) is 19.6 Å². The summed E-state index contributed by atoms with van der Waals surface area (Å²) in [6, 6.07) is 10.5. The molecule has 9 heteroatoms. The Bertz CT molecular complexity index is 1050. The van der Waals surface area contributed by atoms with Gasteiger partial charge in [0.05, 0.1) is 9.92 Å². The number of hydrogen-bond donors (Lipinski definition) is 0. The molecule has 0 spiro atoms. The molecule has 0 bridgehead atoms. The van der Waals surface area contributed by atoms with Crippen molar-refractivity contribution in [2.24, 2.45) is 0 Å². The van der Waals surface area contributed by atoms with E-state index in [0.717, 1.165) is 6.08 Å². The fraction of sp³-hybridized carbons (Fsp3) is 0.238. The number of Topliss-reactive ketones (excluding diaryl/α,β-unsaturated/α-hetero) is 1. The first kappa shape index (κ1) is 24.1. The van der Waals surface area contributed by atoms with Crippen LogP contribution in [0.15, 0.2) is 53.4 Å². The predicted octanol–water partition coefficient (Wildman–Crippen LogP) is 4.46. The number of carbonyl (C=O) groups is 2. The van der Waals surface area contributed by atoms with Gasteiger partial charge in [0.2, 0.25) is 15.8 Å². The highest BCUT2D eigenvalue weighted by Crippen LogP contribution is 2.21. The van der Waals surface area contributed by atoms with Gasteiger partial charge >= 0.3 is 5.97 Å². The largest absolute Gasteiger partial charge is 0.454 e. The molecule has 0 heterocycles. The van der Waals surface area contributed by atoms with Crippen molar-refractivity contribution < 1.29 is 22.7 Å². The van der Waals surface area contributed by atoms with E-state index >= 15 is 0 Å². The standard InChI is InChI=1S/C21H21Cl2NO5S/c1-3-24(4-2)30(27,28)17-9-5-15(6-10-17)7-12-21(26)29-14-20(25)18-11-8-16(22)13-19(18)23/h5-13H,3-4,14H2,1-2H3/b12-7+. The van der Waals surface area contributed by atoms with Crippen molar-refractivity contribution in [1.29, 1.82) is 0 Å². The summed E-state index contributed by atoms with van der Waals surface area (Å²) >= 11 is 11.7. The molecule has 0 aliphatic rings. The van der Waals surface area contributed by atoms with Gasteiger partial charge in [-0.25, -0.2) is 13.2 Å². The number of esters is 1. The number of ether oxygens (including phenoxy) is 1. The van der Waals surface area contributed by atoms with Crippen molar-refractivity contribution in [2.75, 3.05) is 19.7 Å². The van der Waals surface area contributed by atoms with Crippen molar-refractivity contribution in [3.05, 3.63) is 69.7 Å². The lowest BCUT2D eigenvalue weighted by Gasteiger charge is -2.18. The number of benzene rings is 2. The third kappa shape index (κ3) is 6.15. The van der Waals surface area contributed by atoms with Crippen molar-refractivity contribution in [2.45, 2.75) is 18.7 Å². The summed E-state index contributed by atoms with van der Waals surface area (Å²) in [6.07, 6.45) is 2.63. The van der Waals surface area contributed by atoms with Crippen LogP contribution < -0.4 is 0 Å². The van der Waals surface area contributed by atoms with Gasteiger partial charge in [-0.3, -0.25) is 4.79 Å². The van der Waals surface area contributed by atoms with Gasteiger partial charge in [0, 0.05) is 29.8 Å². The lowest BCUT2D eigenvalue weighted by Crippen LogP contribution is -2.30. The van der Waals surface area contributed by atoms with Crippen molar-refractivity contribution >= 4 is 51.1 Å². The lowest BCUT2D eigenvalue weighted by molar-refractivity contribution is -0.136. The van der Waals surface area contributed by atoms with Gasteiger partial charge in [-0.2, -0.15) is 4.31 Å². The third-order valence-electron chi connectivity index (χ3n) is 4.21. The fourth-order valence-corrected chi connectivity index (χ4v) is 4.58. The van der Waals surface area contributed by atoms with Gasteiger partial charge < -0.3 is 4.74 Å². The summed E-state index contributed by atoms with van der Waals surface area (Å²) in [6.45, 7) is 3.84. The maximum atomic E-state index is 12.5. The molecule has 0 saturated heterocycles. The minimum atomic E-state index is -3.54. The highest BCUT2D eigenvalue weighted by molar-refractivity contribution is 7.89. The predicted molar refractivity (Wildman–Crippen MR) is 117 cm³/mol. The Labute approximate surface area is 186 Å². The van der Waals surface area contributed by atoms with Crippen LogP contribution in [0.1, 0.15) is 29.8 Å². The van der Waals surface area contributed by atoms with Crippen molar-refractivity contribution in [3.63, 3.8) is 0 Å². The van der Waals surface area contributed by atoms with Gasteiger partial charge in [-0.05, 0) is 42.0 Å². The van der Waals surface area contributed by atoms with Gasteiger partial charge in [0.15, 0.2) is 6.61 Å². The molecule has 0 amide bonds. The summed E-state index contributed by atoms with van der Waals surface area (Å²) in [5, 5.41) is 0.575. The van der Waals surface area contributed by atoms with E-state index in [1.165, 1.54) is 40.7 Å². The third-order valence-corrected chi connectivity index (χ3v) is 6.82. The van der Waals surface area contributed by atoms with Gasteiger partial charge in [-0.1, -0.05) is 49.2 Å². The van der Waals surface area contributed by atoms with E-state index in [0.29, 0.717) is 23.7 Å². The summed E-state index contributed by atoms with van der Waals surface area (Å²) in [5.74, 6) is -1.17. The number of ketones is 1. The monoisotopic (exact) mass is 469 g/mol. The molecule has 2 rings (SSSR count). The molecule has 0 unspecified atom stereocenters. The average molecular weight is 470 g/mol. The van der Waals surface area contributed by atoms with E-state index in [-0.39, 0.29) is 15.5 Å². The number of carbonyl (C=O) groups excluding carboxylic acids is 2. The SMILES string of the molecule is CCN(CC)S(=O)(=O)c1ccc(/C=C/C(=O)OCC(=O)c2ccc(Cl)cc2Cl)cc1. The molecule has 6 nitrogen and oxygen atoms in total. The number of sulfonamides is 1. The molecule has 160 valence electrons. The van der Waals surface area contributed by atoms with E-state index in [2.05, 4.69) is 0 Å². The molecule has 30 heavy (non-hydrogen) atoms. The van der Waals surface area contributed by atoms with Crippen molar-refractivity contribution in [3.8, 4) is 0 Å². The van der Waals surface area contributed by atoms with E-state index < -0.39 is 28.4 Å². The second-order valence-electron chi connectivity index (χ2n) is 6.15. The van der Waals surface area contributed by atoms with Crippen LogP contribution >= 0.6 is 23.2 Å². The molecule has 0 saturated carbocycles. The van der Waals surface area contributed by atoms with Crippen molar-refractivity contribution in [1.82, 2.24) is 4.31 Å². The summed E-state index contributed by atoms with van der Waals surface area (Å²) < 4.78 is 31.2. The Morgan fingerprint density at radius 3 is 2.23 bits per heavy atom. The molecular weight excluding hydrogens is 449 g/mol. The number of halogens is 2. The number of hydrogen-bond acceptors (Lipinski definition) is 5. The first-order valence-corrected chi connectivity index (χ1v) is 11.3. The minimum Gasteiger partial charge on any atom is -0.454 e. The molecule has 0 fully saturated rings. The number of rotatable bonds is 9. The molecular formula is C21H21Cl2NO5S. The van der Waals surface area contributed by atoms with Crippen LogP contribution in [0, 0.1) is 0 Å². The lowest BCUT2D eigenvalue weighted by atomic mass is 10.1. The zero-order chi connectivity index (χ0) is 22.3. The Kier molecular flexibility index (Phi) is 8.61. The van der Waals surface area contributed by atoms with E-state index in [4.69, 9.17) is 27.9 Å².